The number of nitrogens with zero attached hydrogens (tertiary/aromatic N) is 2. The number of thioether (sulfide) groups is 1. The summed E-state index contributed by atoms with van der Waals surface area (Å²) in [6, 6.07) is 7.78. The molecular weight excluding hydrogens is 388 g/mol. The summed E-state index contributed by atoms with van der Waals surface area (Å²) >= 11 is 6.70. The lowest BCUT2D eigenvalue weighted by Crippen LogP contribution is -2.32. The molecule has 2 amide bonds. The van der Waals surface area contributed by atoms with Gasteiger partial charge in [-0.2, -0.15) is 0 Å². The number of thiocarbonyl (C=S) groups is 1. The predicted octanol–water partition coefficient (Wildman–Crippen LogP) is 5.23. The van der Waals surface area contributed by atoms with Crippen LogP contribution in [0.3, 0.4) is 0 Å². The summed E-state index contributed by atoms with van der Waals surface area (Å²) in [6.07, 6.45) is 5.72. The second-order valence-electron chi connectivity index (χ2n) is 7.77. The summed E-state index contributed by atoms with van der Waals surface area (Å²) in [5, 5.41) is 0. The fourth-order valence-electron chi connectivity index (χ4n) is 3.67. The zero-order valence-electron chi connectivity index (χ0n) is 16.9. The Bertz CT molecular complexity index is 817. The fourth-order valence-corrected chi connectivity index (χ4v) is 5.01. The van der Waals surface area contributed by atoms with E-state index in [-0.39, 0.29) is 11.8 Å². The van der Waals surface area contributed by atoms with Crippen molar-refractivity contribution in [1.82, 2.24) is 4.90 Å². The number of carbonyl (C=O) groups excluding carboxylic acids is 2. The molecule has 1 aromatic carbocycles. The normalized spacial score (nSPS) is 19.4. The van der Waals surface area contributed by atoms with Crippen LogP contribution in [0.15, 0.2) is 29.2 Å². The average molecular weight is 417 g/mol. The maximum atomic E-state index is 13.3. The van der Waals surface area contributed by atoms with Gasteiger partial charge in [-0.05, 0) is 18.4 Å². The Labute approximate surface area is 177 Å². The smallest absolute Gasteiger partial charge is 0.267 e. The van der Waals surface area contributed by atoms with Crippen molar-refractivity contribution in [2.45, 2.75) is 52.9 Å². The number of unbranched alkanes of at least 4 members (excludes halogenated alkanes) is 4. The molecular formula is C22H28N2O2S2. The predicted molar refractivity (Wildman–Crippen MR) is 121 cm³/mol. The number of carbonyl (C=O) groups is 2. The molecule has 0 spiro atoms. The molecule has 6 heteroatoms. The van der Waals surface area contributed by atoms with Crippen LogP contribution in [-0.2, 0) is 9.59 Å². The molecule has 150 valence electrons. The van der Waals surface area contributed by atoms with Crippen molar-refractivity contribution in [2.75, 3.05) is 18.0 Å². The molecule has 4 nitrogen and oxygen atoms in total. The third-order valence-corrected chi connectivity index (χ3v) is 6.48. The molecule has 0 radical (unpaired) electrons. The summed E-state index contributed by atoms with van der Waals surface area (Å²) in [5.41, 5.74) is 2.28. The number of anilines is 1. The highest BCUT2D eigenvalue weighted by molar-refractivity contribution is 8.26. The number of fused-ring (bicyclic) bond motifs is 1. The molecule has 28 heavy (non-hydrogen) atoms. The summed E-state index contributed by atoms with van der Waals surface area (Å²) < 4.78 is 0.546. The highest BCUT2D eigenvalue weighted by Crippen LogP contribution is 2.44. The first-order valence-corrected chi connectivity index (χ1v) is 11.4. The first-order valence-electron chi connectivity index (χ1n) is 10.1. The van der Waals surface area contributed by atoms with Crippen LogP contribution in [0.2, 0.25) is 0 Å². The molecule has 1 saturated heterocycles. The highest BCUT2D eigenvalue weighted by atomic mass is 32.2. The second-order valence-corrected chi connectivity index (χ2v) is 9.41. The molecule has 1 aromatic rings. The third-order valence-electron chi connectivity index (χ3n) is 5.03. The second kappa shape index (κ2) is 9.23. The summed E-state index contributed by atoms with van der Waals surface area (Å²) in [6.45, 7) is 7.58. The van der Waals surface area contributed by atoms with Gasteiger partial charge in [-0.15, -0.1) is 0 Å². The molecule has 0 N–H and O–H groups in total. The van der Waals surface area contributed by atoms with E-state index in [4.69, 9.17) is 12.2 Å². The number of hydrogen-bond acceptors (Lipinski definition) is 4. The minimum absolute atomic E-state index is 0.0678. The quantitative estimate of drug-likeness (QED) is 0.330. The van der Waals surface area contributed by atoms with Gasteiger partial charge in [0.15, 0.2) is 0 Å². The van der Waals surface area contributed by atoms with E-state index in [2.05, 4.69) is 20.8 Å². The van der Waals surface area contributed by atoms with Gasteiger partial charge in [-0.1, -0.05) is 88.6 Å². The number of para-hydroxylation sites is 1. The van der Waals surface area contributed by atoms with Crippen molar-refractivity contribution in [3.8, 4) is 0 Å². The van der Waals surface area contributed by atoms with Gasteiger partial charge in [-0.25, -0.2) is 0 Å². The molecule has 2 aliphatic rings. The van der Waals surface area contributed by atoms with Crippen LogP contribution in [0, 0.1) is 5.92 Å². The van der Waals surface area contributed by atoms with Gasteiger partial charge in [0.2, 0.25) is 0 Å². The fraction of sp³-hybridized carbons (Fsp3) is 0.500. The Morgan fingerprint density at radius 1 is 1.00 bits per heavy atom. The van der Waals surface area contributed by atoms with E-state index in [9.17, 15) is 9.59 Å². The molecule has 0 saturated carbocycles. The topological polar surface area (TPSA) is 40.6 Å². The van der Waals surface area contributed by atoms with Crippen LogP contribution in [-0.4, -0.2) is 34.1 Å². The Kier molecular flexibility index (Phi) is 6.94. The standard InChI is InChI=1S/C22H28N2O2S2/c1-4-5-6-7-10-13-23-17-12-9-8-11-16(17)18(20(23)25)19-21(26)24(14-15(2)3)22(27)28-19/h8-9,11-12,15H,4-7,10,13-14H2,1-3H3/b19-18-. The van der Waals surface area contributed by atoms with Gasteiger partial charge in [0.05, 0.1) is 16.2 Å². The van der Waals surface area contributed by atoms with Crippen LogP contribution in [0.5, 0.6) is 0 Å². The van der Waals surface area contributed by atoms with Crippen molar-refractivity contribution >= 4 is 51.4 Å². The molecule has 1 fully saturated rings. The van der Waals surface area contributed by atoms with Gasteiger partial charge in [0.1, 0.15) is 4.32 Å². The van der Waals surface area contributed by atoms with Crippen LogP contribution >= 0.6 is 24.0 Å². The lowest BCUT2D eigenvalue weighted by atomic mass is 10.1. The van der Waals surface area contributed by atoms with Crippen LogP contribution in [0.25, 0.3) is 5.57 Å². The number of amides is 2. The largest absolute Gasteiger partial charge is 0.308 e. The van der Waals surface area contributed by atoms with Gasteiger partial charge < -0.3 is 4.90 Å². The SMILES string of the molecule is CCCCCCCN1C(=O)/C(=C2\SC(=S)N(CC(C)C)C2=O)c2ccccc21. The molecule has 0 aromatic heterocycles. The van der Waals surface area contributed by atoms with Crippen LogP contribution in [0.1, 0.15) is 58.4 Å². The molecule has 0 aliphatic carbocycles. The molecule has 0 atom stereocenters. The van der Waals surface area contributed by atoms with Gasteiger partial charge in [-0.3, -0.25) is 14.5 Å². The van der Waals surface area contributed by atoms with Gasteiger partial charge in [0, 0.05) is 18.7 Å². The van der Waals surface area contributed by atoms with E-state index >= 15 is 0 Å². The first kappa shape index (κ1) is 21.1. The molecule has 2 aliphatic heterocycles. The molecule has 3 rings (SSSR count). The average Bonchev–Trinajstić information content (AvgIpc) is 3.09. The molecule has 0 bridgehead atoms. The Hall–Kier alpha value is -1.66. The van der Waals surface area contributed by atoms with Crippen molar-refractivity contribution in [3.63, 3.8) is 0 Å². The lowest BCUT2D eigenvalue weighted by molar-refractivity contribution is -0.122. The van der Waals surface area contributed by atoms with Crippen molar-refractivity contribution < 1.29 is 9.59 Å². The highest BCUT2D eigenvalue weighted by Gasteiger charge is 2.41. The minimum Gasteiger partial charge on any atom is -0.308 e. The minimum atomic E-state index is -0.133. The van der Waals surface area contributed by atoms with E-state index in [1.54, 1.807) is 4.90 Å². The van der Waals surface area contributed by atoms with Crippen molar-refractivity contribution in [3.05, 3.63) is 34.7 Å². The zero-order chi connectivity index (χ0) is 20.3. The summed E-state index contributed by atoms with van der Waals surface area (Å²) in [5.74, 6) is 0.117. The van der Waals surface area contributed by atoms with Crippen molar-refractivity contribution in [1.29, 1.82) is 0 Å². The summed E-state index contributed by atoms with van der Waals surface area (Å²) in [4.78, 5) is 30.3. The summed E-state index contributed by atoms with van der Waals surface area (Å²) in [7, 11) is 0. The van der Waals surface area contributed by atoms with Crippen molar-refractivity contribution in [2.24, 2.45) is 5.92 Å². The lowest BCUT2D eigenvalue weighted by Gasteiger charge is -2.17. The Balaban J connectivity index is 1.88. The van der Waals surface area contributed by atoms with Crippen LogP contribution in [0.4, 0.5) is 5.69 Å². The van der Waals surface area contributed by atoms with E-state index in [0.29, 0.717) is 33.8 Å². The van der Waals surface area contributed by atoms with Gasteiger partial charge >= 0.3 is 0 Å². The number of hydrogen-bond donors (Lipinski definition) is 0. The number of rotatable bonds is 8. The zero-order valence-corrected chi connectivity index (χ0v) is 18.5. The number of benzene rings is 1. The molecule has 2 heterocycles. The first-order chi connectivity index (χ1) is 13.5. The van der Waals surface area contributed by atoms with E-state index in [0.717, 1.165) is 24.1 Å². The Morgan fingerprint density at radius 3 is 2.43 bits per heavy atom. The maximum Gasteiger partial charge on any atom is 0.267 e. The monoisotopic (exact) mass is 416 g/mol. The van der Waals surface area contributed by atoms with Gasteiger partial charge in [0.25, 0.3) is 11.8 Å². The third kappa shape index (κ3) is 4.18. The van der Waals surface area contributed by atoms with E-state index in [1.807, 2.05) is 29.2 Å². The molecule has 0 unspecified atom stereocenters. The van der Waals surface area contributed by atoms with E-state index < -0.39 is 0 Å². The maximum absolute atomic E-state index is 13.3. The van der Waals surface area contributed by atoms with Crippen LogP contribution < -0.4 is 4.90 Å². The Morgan fingerprint density at radius 2 is 1.71 bits per heavy atom. The van der Waals surface area contributed by atoms with E-state index in [1.165, 1.54) is 31.0 Å².